The summed E-state index contributed by atoms with van der Waals surface area (Å²) in [7, 11) is 0. The van der Waals surface area contributed by atoms with Crippen LogP contribution in [0.15, 0.2) is 41.5 Å². The van der Waals surface area contributed by atoms with Gasteiger partial charge in [0.25, 0.3) is 0 Å². The SMILES string of the molecule is CC(C)C1=C2[C@H]3CC[C@@H]4[C@@]5(C)CC[C@H](OC(=O)CC(C)(C)C(=O)O)C(C)(C)[C@@H]5CC[C@@]4(C)[C@]3(C)CC[C@@]2(C(O)CN2CCC(Cc3ccccc3)CC2)CC1=O. The average molecular weight is 772 g/mol. The van der Waals surface area contributed by atoms with Crippen molar-refractivity contribution in [2.45, 2.75) is 158 Å². The lowest BCUT2D eigenvalue weighted by molar-refractivity contribution is -0.235. The predicted molar refractivity (Wildman–Crippen MR) is 221 cm³/mol. The highest BCUT2D eigenvalue weighted by molar-refractivity contribution is 6.00. The number of fused-ring (bicyclic) bond motifs is 7. The fourth-order valence-electron chi connectivity index (χ4n) is 14.7. The highest BCUT2D eigenvalue weighted by atomic mass is 16.5. The number of ether oxygens (including phenoxy) is 1. The minimum Gasteiger partial charge on any atom is -0.481 e. The molecule has 0 bridgehead atoms. The Bertz CT molecular complexity index is 1710. The van der Waals surface area contributed by atoms with E-state index in [2.05, 4.69) is 83.7 Å². The van der Waals surface area contributed by atoms with Gasteiger partial charge in [0.1, 0.15) is 6.10 Å². The molecule has 0 amide bonds. The van der Waals surface area contributed by atoms with Crippen molar-refractivity contribution in [2.75, 3.05) is 19.6 Å². The number of Topliss-reactive ketones (excluding diaryl/α,β-unsaturated/α-hetero) is 1. The fourth-order valence-corrected chi connectivity index (χ4v) is 14.7. The second-order valence-corrected chi connectivity index (χ2v) is 22.0. The number of ketones is 1. The minimum atomic E-state index is -1.16. The maximum atomic E-state index is 14.2. The first kappa shape index (κ1) is 41.6. The van der Waals surface area contributed by atoms with Crippen molar-refractivity contribution in [3.63, 3.8) is 0 Å². The van der Waals surface area contributed by atoms with Crippen LogP contribution in [0.1, 0.15) is 145 Å². The Balaban J connectivity index is 1.10. The first-order valence-electron chi connectivity index (χ1n) is 22.3. The van der Waals surface area contributed by atoms with Gasteiger partial charge < -0.3 is 19.8 Å². The van der Waals surface area contributed by atoms with Crippen molar-refractivity contribution in [2.24, 2.45) is 62.1 Å². The molecule has 1 saturated heterocycles. The van der Waals surface area contributed by atoms with Crippen LogP contribution in [0.25, 0.3) is 0 Å². The van der Waals surface area contributed by atoms with Crippen molar-refractivity contribution in [1.29, 1.82) is 0 Å². The van der Waals surface area contributed by atoms with Crippen LogP contribution in [0.2, 0.25) is 0 Å². The molecule has 7 nitrogen and oxygen atoms in total. The van der Waals surface area contributed by atoms with Gasteiger partial charge in [0, 0.05) is 23.8 Å². The Kier molecular flexibility index (Phi) is 10.9. The number of piperidine rings is 1. The number of aliphatic hydroxyl groups is 1. The topological polar surface area (TPSA) is 104 Å². The molecule has 1 heterocycles. The van der Waals surface area contributed by atoms with Crippen molar-refractivity contribution in [3.05, 3.63) is 47.0 Å². The third-order valence-corrected chi connectivity index (χ3v) is 18.0. The summed E-state index contributed by atoms with van der Waals surface area (Å²) in [5.41, 5.74) is 2.11. The molecule has 310 valence electrons. The summed E-state index contributed by atoms with van der Waals surface area (Å²) in [6, 6.07) is 10.8. The second-order valence-electron chi connectivity index (χ2n) is 22.0. The maximum absolute atomic E-state index is 14.2. The molecule has 0 radical (unpaired) electrons. The summed E-state index contributed by atoms with van der Waals surface area (Å²) in [5.74, 6) is 0.881. The molecule has 0 spiro atoms. The largest absolute Gasteiger partial charge is 0.481 e. The van der Waals surface area contributed by atoms with Crippen molar-refractivity contribution in [3.8, 4) is 0 Å². The molecule has 1 aromatic rings. The van der Waals surface area contributed by atoms with Crippen LogP contribution in [0.3, 0.4) is 0 Å². The van der Waals surface area contributed by atoms with Gasteiger partial charge in [-0.2, -0.15) is 0 Å². The number of esters is 1. The van der Waals surface area contributed by atoms with Gasteiger partial charge in [0.15, 0.2) is 5.78 Å². The highest BCUT2D eigenvalue weighted by Gasteiger charge is 2.71. The lowest BCUT2D eigenvalue weighted by atomic mass is 9.33. The van der Waals surface area contributed by atoms with E-state index in [9.17, 15) is 24.6 Å². The van der Waals surface area contributed by atoms with Crippen LogP contribution in [0, 0.1) is 62.1 Å². The Morgan fingerprint density at radius 3 is 2.20 bits per heavy atom. The Labute approximate surface area is 337 Å². The standard InChI is InChI=1S/C49H73NO6/c1-31(2)41-35(51)28-49(38(52)30-50-25-19-33(20-26-50)27-32-13-11-10-12-14-32)24-23-47(8)34(42(41)49)15-16-37-46(7)21-18-39(56-40(53)29-44(3,4)43(54)55)45(5,6)36(46)17-22-48(37,47)9/h10-14,31,33-34,36-39,52H,15-30H2,1-9H3,(H,54,55)/t34-,36+,37-,38?,39+,46+,47-,48-,49+/m1/s1. The zero-order chi connectivity index (χ0) is 40.6. The number of aliphatic carboxylic acids is 1. The number of hydrogen-bond acceptors (Lipinski definition) is 6. The minimum absolute atomic E-state index is 0.0128. The number of hydrogen-bond donors (Lipinski definition) is 2. The second kappa shape index (κ2) is 14.6. The number of carbonyl (C=O) groups is 3. The zero-order valence-electron chi connectivity index (χ0n) is 36.2. The molecular weight excluding hydrogens is 699 g/mol. The average Bonchev–Trinajstić information content (AvgIpc) is 3.44. The summed E-state index contributed by atoms with van der Waals surface area (Å²) in [6.07, 6.45) is 11.0. The van der Waals surface area contributed by atoms with E-state index in [0.29, 0.717) is 30.7 Å². The van der Waals surface area contributed by atoms with Crippen LogP contribution < -0.4 is 0 Å². The number of benzene rings is 1. The molecule has 1 aromatic carbocycles. The van der Waals surface area contributed by atoms with Gasteiger partial charge in [-0.15, -0.1) is 0 Å². The van der Waals surface area contributed by atoms with E-state index in [1.54, 1.807) is 13.8 Å². The van der Waals surface area contributed by atoms with E-state index in [1.165, 1.54) is 11.1 Å². The highest BCUT2D eigenvalue weighted by Crippen LogP contribution is 2.77. The first-order chi connectivity index (χ1) is 26.2. The van der Waals surface area contributed by atoms with Gasteiger partial charge >= 0.3 is 11.9 Å². The molecule has 7 heteroatoms. The monoisotopic (exact) mass is 772 g/mol. The van der Waals surface area contributed by atoms with E-state index in [0.717, 1.165) is 89.3 Å². The van der Waals surface area contributed by atoms with Crippen LogP contribution in [-0.2, 0) is 25.5 Å². The number of aliphatic hydroxyl groups excluding tert-OH is 1. The van der Waals surface area contributed by atoms with Gasteiger partial charge in [-0.25, -0.2) is 0 Å². The molecule has 0 aromatic heterocycles. The molecule has 5 aliphatic carbocycles. The predicted octanol–water partition coefficient (Wildman–Crippen LogP) is 9.70. The number of carbonyl (C=O) groups excluding carboxylic acids is 2. The van der Waals surface area contributed by atoms with Gasteiger partial charge in [-0.1, -0.05) is 84.4 Å². The Hall–Kier alpha value is -2.51. The van der Waals surface area contributed by atoms with Gasteiger partial charge in [0.2, 0.25) is 0 Å². The number of carboxylic acid groups (broad SMARTS) is 1. The lowest BCUT2D eigenvalue weighted by Crippen LogP contribution is -2.66. The number of likely N-dealkylation sites (tertiary alicyclic amines) is 1. The quantitative estimate of drug-likeness (QED) is 0.228. The molecule has 4 saturated carbocycles. The Morgan fingerprint density at radius 2 is 1.55 bits per heavy atom. The maximum Gasteiger partial charge on any atom is 0.309 e. The molecule has 1 aliphatic heterocycles. The summed E-state index contributed by atoms with van der Waals surface area (Å²) in [5, 5.41) is 22.2. The van der Waals surface area contributed by atoms with Crippen molar-refractivity contribution < 1.29 is 29.3 Å². The number of β-amino-alcohol motifs (C(OH)–C–C–N with tert-alkyl or cyclic N) is 1. The normalized spacial score (nSPS) is 38.0. The van der Waals surface area contributed by atoms with E-state index < -0.39 is 28.9 Å². The van der Waals surface area contributed by atoms with Crippen LogP contribution >= 0.6 is 0 Å². The first-order valence-corrected chi connectivity index (χ1v) is 22.3. The Morgan fingerprint density at radius 1 is 0.875 bits per heavy atom. The molecule has 2 N–H and O–H groups in total. The van der Waals surface area contributed by atoms with E-state index >= 15 is 0 Å². The van der Waals surface area contributed by atoms with Crippen LogP contribution in [-0.4, -0.2) is 64.7 Å². The molecule has 6 aliphatic rings. The van der Waals surface area contributed by atoms with Crippen molar-refractivity contribution in [1.82, 2.24) is 4.90 Å². The zero-order valence-corrected chi connectivity index (χ0v) is 36.2. The number of nitrogens with zero attached hydrogens (tertiary/aromatic N) is 1. The molecule has 5 fully saturated rings. The van der Waals surface area contributed by atoms with Crippen molar-refractivity contribution >= 4 is 17.7 Å². The number of carboxylic acids is 1. The molecule has 1 unspecified atom stereocenters. The molecule has 9 atom stereocenters. The van der Waals surface area contributed by atoms with Crippen LogP contribution in [0.4, 0.5) is 0 Å². The van der Waals surface area contributed by atoms with E-state index in [4.69, 9.17) is 4.74 Å². The number of allylic oxidation sites excluding steroid dienone is 1. The summed E-state index contributed by atoms with van der Waals surface area (Å²) < 4.78 is 6.19. The summed E-state index contributed by atoms with van der Waals surface area (Å²) in [4.78, 5) is 41.6. The van der Waals surface area contributed by atoms with Crippen LogP contribution in [0.5, 0.6) is 0 Å². The van der Waals surface area contributed by atoms with E-state index in [1.807, 2.05) is 0 Å². The van der Waals surface area contributed by atoms with Gasteiger partial charge in [-0.05, 0) is 155 Å². The summed E-state index contributed by atoms with van der Waals surface area (Å²) in [6.45, 7) is 22.5. The molecule has 56 heavy (non-hydrogen) atoms. The van der Waals surface area contributed by atoms with Gasteiger partial charge in [-0.3, -0.25) is 14.4 Å². The summed E-state index contributed by atoms with van der Waals surface area (Å²) >= 11 is 0. The molecular formula is C49H73NO6. The third kappa shape index (κ3) is 6.65. The van der Waals surface area contributed by atoms with E-state index in [-0.39, 0.29) is 51.8 Å². The smallest absolute Gasteiger partial charge is 0.309 e. The molecule has 7 rings (SSSR count). The third-order valence-electron chi connectivity index (χ3n) is 18.0. The van der Waals surface area contributed by atoms with Gasteiger partial charge in [0.05, 0.1) is 17.9 Å². The fraction of sp³-hybridized carbons (Fsp3) is 0.776. The number of rotatable bonds is 10. The lowest BCUT2D eigenvalue weighted by Gasteiger charge is -2.72.